The van der Waals surface area contributed by atoms with E-state index in [2.05, 4.69) is 19.9 Å². The second kappa shape index (κ2) is 5.06. The number of hydrogen-bond donors (Lipinski definition) is 4. The third-order valence-corrected chi connectivity index (χ3v) is 4.05. The molecule has 0 amide bonds. The van der Waals surface area contributed by atoms with Crippen molar-refractivity contribution in [3.63, 3.8) is 0 Å². The lowest BCUT2D eigenvalue weighted by Gasteiger charge is -2.17. The molecule has 0 spiro atoms. The van der Waals surface area contributed by atoms with Gasteiger partial charge >= 0.3 is 0 Å². The van der Waals surface area contributed by atoms with Crippen molar-refractivity contribution in [3.05, 3.63) is 18.9 Å². The van der Waals surface area contributed by atoms with Gasteiger partial charge < -0.3 is 25.8 Å². The van der Waals surface area contributed by atoms with E-state index in [1.807, 2.05) is 0 Å². The molecule has 23 heavy (non-hydrogen) atoms. The maximum atomic E-state index is 10.3. The lowest BCUT2D eigenvalue weighted by Crippen LogP contribution is -2.33. The normalized spacial score (nSPS) is 28.0. The maximum absolute atomic E-state index is 10.3. The van der Waals surface area contributed by atoms with E-state index in [9.17, 15) is 15.3 Å². The highest BCUT2D eigenvalue weighted by Crippen LogP contribution is 2.37. The van der Waals surface area contributed by atoms with Crippen LogP contribution < -0.4 is 5.73 Å². The molecule has 4 heterocycles. The van der Waals surface area contributed by atoms with Crippen molar-refractivity contribution < 1.29 is 20.1 Å². The van der Waals surface area contributed by atoms with Gasteiger partial charge in [0.2, 0.25) is 0 Å². The van der Waals surface area contributed by atoms with Crippen molar-refractivity contribution in [2.24, 2.45) is 0 Å². The Balaban J connectivity index is 2.01. The molecule has 0 bridgehead atoms. The van der Waals surface area contributed by atoms with Crippen molar-refractivity contribution in [1.82, 2.24) is 24.5 Å². The number of anilines is 1. The van der Waals surface area contributed by atoms with Crippen LogP contribution in [-0.4, -0.2) is 64.7 Å². The molecular weight excluding hydrogens is 304 g/mol. The zero-order chi connectivity index (χ0) is 16.1. The van der Waals surface area contributed by atoms with E-state index in [1.54, 1.807) is 6.20 Å². The summed E-state index contributed by atoms with van der Waals surface area (Å²) in [6, 6.07) is 0. The Morgan fingerprint density at radius 2 is 1.91 bits per heavy atom. The number of nitrogens with zero attached hydrogens (tertiary/aromatic N) is 5. The molecule has 1 aliphatic rings. The van der Waals surface area contributed by atoms with E-state index >= 15 is 0 Å². The number of rotatable bonds is 2. The molecule has 10 nitrogen and oxygen atoms in total. The molecule has 1 fully saturated rings. The molecule has 0 radical (unpaired) electrons. The quantitative estimate of drug-likeness (QED) is 0.445. The van der Waals surface area contributed by atoms with Crippen LogP contribution >= 0.6 is 0 Å². The molecule has 120 valence electrons. The van der Waals surface area contributed by atoms with Crippen molar-refractivity contribution in [1.29, 1.82) is 0 Å². The van der Waals surface area contributed by atoms with Crippen LogP contribution in [-0.2, 0) is 4.74 Å². The van der Waals surface area contributed by atoms with Gasteiger partial charge in [0.25, 0.3) is 0 Å². The second-order valence-corrected chi connectivity index (χ2v) is 5.32. The fourth-order valence-electron chi connectivity index (χ4n) is 2.96. The third kappa shape index (κ3) is 1.90. The molecule has 0 unspecified atom stereocenters. The Hall–Kier alpha value is -2.40. The van der Waals surface area contributed by atoms with Gasteiger partial charge in [-0.2, -0.15) is 0 Å². The Morgan fingerprint density at radius 3 is 2.65 bits per heavy atom. The minimum atomic E-state index is -1.25. The monoisotopic (exact) mass is 318 g/mol. The Kier molecular flexibility index (Phi) is 3.13. The SMILES string of the molecule is Nc1ncnc2c1c1cncnc1n2[C@@H]1O[C@H](CO)[C@@H](O)[C@H]1O. The van der Waals surface area contributed by atoms with Gasteiger partial charge in [-0.25, -0.2) is 19.9 Å². The van der Waals surface area contributed by atoms with Crippen molar-refractivity contribution in [3.8, 4) is 0 Å². The molecule has 3 aromatic heterocycles. The topological polar surface area (TPSA) is 152 Å². The van der Waals surface area contributed by atoms with Gasteiger partial charge in [-0.05, 0) is 0 Å². The van der Waals surface area contributed by atoms with Crippen molar-refractivity contribution in [2.75, 3.05) is 12.3 Å². The van der Waals surface area contributed by atoms with Crippen LogP contribution in [0.1, 0.15) is 6.23 Å². The first-order chi connectivity index (χ1) is 11.1. The lowest BCUT2D eigenvalue weighted by molar-refractivity contribution is -0.0492. The van der Waals surface area contributed by atoms with E-state index in [0.29, 0.717) is 22.1 Å². The average Bonchev–Trinajstić information content (AvgIpc) is 3.04. The van der Waals surface area contributed by atoms with Crippen molar-refractivity contribution in [2.45, 2.75) is 24.5 Å². The first-order valence-corrected chi connectivity index (χ1v) is 6.96. The highest BCUT2D eigenvalue weighted by atomic mass is 16.6. The minimum Gasteiger partial charge on any atom is -0.394 e. The number of aliphatic hydroxyl groups is 3. The molecule has 5 N–H and O–H groups in total. The van der Waals surface area contributed by atoms with Crippen LogP contribution in [0.4, 0.5) is 5.82 Å². The number of aromatic nitrogens is 5. The van der Waals surface area contributed by atoms with Gasteiger partial charge in [-0.15, -0.1) is 0 Å². The molecule has 10 heteroatoms. The molecule has 4 atom stereocenters. The number of nitrogens with two attached hydrogens (primary N) is 1. The zero-order valence-electron chi connectivity index (χ0n) is 11.8. The van der Waals surface area contributed by atoms with Crippen LogP contribution in [0.25, 0.3) is 22.1 Å². The second-order valence-electron chi connectivity index (χ2n) is 5.32. The average molecular weight is 318 g/mol. The molecular formula is C13H14N6O4. The molecule has 3 aromatic rings. The number of hydrogen-bond acceptors (Lipinski definition) is 9. The van der Waals surface area contributed by atoms with Crippen LogP contribution in [0, 0.1) is 0 Å². The summed E-state index contributed by atoms with van der Waals surface area (Å²) in [5.41, 5.74) is 6.78. The van der Waals surface area contributed by atoms with Crippen LogP contribution in [0.15, 0.2) is 18.9 Å². The predicted octanol–water partition coefficient (Wildman–Crippen LogP) is -1.43. The molecule has 4 rings (SSSR count). The van der Waals surface area contributed by atoms with Gasteiger partial charge in [0.1, 0.15) is 48.1 Å². The van der Waals surface area contributed by atoms with Crippen LogP contribution in [0.3, 0.4) is 0 Å². The maximum Gasteiger partial charge on any atom is 0.166 e. The first kappa shape index (κ1) is 14.2. The number of aliphatic hydroxyl groups excluding tert-OH is 3. The van der Waals surface area contributed by atoms with E-state index in [0.717, 1.165) is 0 Å². The van der Waals surface area contributed by atoms with E-state index in [1.165, 1.54) is 17.2 Å². The Labute approximate surface area is 129 Å². The number of ether oxygens (including phenoxy) is 1. The fourth-order valence-corrected chi connectivity index (χ4v) is 2.96. The first-order valence-electron chi connectivity index (χ1n) is 6.96. The molecule has 0 aromatic carbocycles. The van der Waals surface area contributed by atoms with E-state index < -0.39 is 31.1 Å². The van der Waals surface area contributed by atoms with Gasteiger partial charge in [0.15, 0.2) is 6.23 Å². The summed E-state index contributed by atoms with van der Waals surface area (Å²) in [6.45, 7) is -0.419. The highest BCUT2D eigenvalue weighted by Gasteiger charge is 2.44. The van der Waals surface area contributed by atoms with E-state index in [-0.39, 0.29) is 5.82 Å². The molecule has 0 saturated carbocycles. The summed E-state index contributed by atoms with van der Waals surface area (Å²) in [6.07, 6.45) is -0.127. The van der Waals surface area contributed by atoms with Gasteiger partial charge in [0, 0.05) is 6.20 Å². The largest absolute Gasteiger partial charge is 0.394 e. The predicted molar refractivity (Wildman–Crippen MR) is 78.0 cm³/mol. The summed E-state index contributed by atoms with van der Waals surface area (Å²) >= 11 is 0. The van der Waals surface area contributed by atoms with Gasteiger partial charge in [-0.3, -0.25) is 4.57 Å². The van der Waals surface area contributed by atoms with Crippen molar-refractivity contribution >= 4 is 27.9 Å². The zero-order valence-corrected chi connectivity index (χ0v) is 11.8. The minimum absolute atomic E-state index is 0.250. The smallest absolute Gasteiger partial charge is 0.166 e. The summed E-state index contributed by atoms with van der Waals surface area (Å²) in [7, 11) is 0. The van der Waals surface area contributed by atoms with E-state index in [4.69, 9.17) is 10.5 Å². The van der Waals surface area contributed by atoms with Crippen LogP contribution in [0.5, 0.6) is 0 Å². The van der Waals surface area contributed by atoms with Crippen LogP contribution in [0.2, 0.25) is 0 Å². The summed E-state index contributed by atoms with van der Waals surface area (Å²) in [5.74, 6) is 0.250. The number of fused-ring (bicyclic) bond motifs is 3. The van der Waals surface area contributed by atoms with Gasteiger partial charge in [-0.1, -0.05) is 0 Å². The fraction of sp³-hybridized carbons (Fsp3) is 0.385. The molecule has 0 aliphatic carbocycles. The summed E-state index contributed by atoms with van der Waals surface area (Å²) in [5, 5.41) is 30.7. The summed E-state index contributed by atoms with van der Waals surface area (Å²) in [4.78, 5) is 16.4. The Morgan fingerprint density at radius 1 is 1.13 bits per heavy atom. The summed E-state index contributed by atoms with van der Waals surface area (Å²) < 4.78 is 7.12. The molecule has 1 aliphatic heterocycles. The lowest BCUT2D eigenvalue weighted by atomic mass is 10.1. The standard InChI is InChI=1S/C13H14N6O4/c14-10-7-5-1-15-3-17-11(5)19(12(7)18-4-16-10)13-9(22)8(21)6(2-20)23-13/h1,3-4,6,8-9,13,20-22H,2H2,(H2,14,16,18)/t6-,8-,9-,13-/m1/s1. The molecule has 1 saturated heterocycles. The highest BCUT2D eigenvalue weighted by molar-refractivity contribution is 6.09. The Bertz CT molecular complexity index is 883. The number of nitrogen functional groups attached to an aromatic ring is 1. The van der Waals surface area contributed by atoms with Gasteiger partial charge in [0.05, 0.1) is 17.4 Å². The third-order valence-electron chi connectivity index (χ3n) is 4.05.